The molecule has 1 heterocycles. The summed E-state index contributed by atoms with van der Waals surface area (Å²) < 4.78 is 16.8. The lowest BCUT2D eigenvalue weighted by molar-refractivity contribution is 0.0139. The first kappa shape index (κ1) is 23.9. The summed E-state index contributed by atoms with van der Waals surface area (Å²) in [5.74, 6) is 1.72. The van der Waals surface area contributed by atoms with E-state index in [1.807, 2.05) is 52.0 Å². The minimum Gasteiger partial charge on any atom is -0.494 e. The number of nitrogens with zero attached hydrogens (tertiary/aromatic N) is 2. The van der Waals surface area contributed by atoms with Crippen molar-refractivity contribution in [3.63, 3.8) is 0 Å². The monoisotopic (exact) mass is 440 g/mol. The normalized spacial score (nSPS) is 14.8. The number of ether oxygens (including phenoxy) is 3. The summed E-state index contributed by atoms with van der Waals surface area (Å²) >= 11 is 0. The summed E-state index contributed by atoms with van der Waals surface area (Å²) in [5.41, 5.74) is 2.09. The Balaban J connectivity index is 1.38. The zero-order valence-corrected chi connectivity index (χ0v) is 19.8. The van der Waals surface area contributed by atoms with Gasteiger partial charge < -0.3 is 19.1 Å². The molecule has 6 heteroatoms. The van der Waals surface area contributed by atoms with Crippen LogP contribution < -0.4 is 9.47 Å². The molecule has 0 unspecified atom stereocenters. The topological polar surface area (TPSA) is 51.2 Å². The average molecular weight is 441 g/mol. The van der Waals surface area contributed by atoms with Crippen LogP contribution in [0.1, 0.15) is 38.8 Å². The fourth-order valence-electron chi connectivity index (χ4n) is 3.57. The molecule has 0 aromatic heterocycles. The Bertz CT molecular complexity index is 836. The molecule has 1 aliphatic heterocycles. The molecule has 1 saturated heterocycles. The molecular weight excluding hydrogens is 404 g/mol. The number of benzene rings is 2. The zero-order chi connectivity index (χ0) is 23.0. The molecule has 0 radical (unpaired) electrons. The maximum Gasteiger partial charge on any atom is 0.410 e. The van der Waals surface area contributed by atoms with Gasteiger partial charge in [-0.15, -0.1) is 0 Å². The summed E-state index contributed by atoms with van der Waals surface area (Å²) in [6.45, 7) is 13.0. The van der Waals surface area contributed by atoms with Gasteiger partial charge in [0.25, 0.3) is 0 Å². The largest absolute Gasteiger partial charge is 0.494 e. The van der Waals surface area contributed by atoms with Gasteiger partial charge in [0, 0.05) is 39.1 Å². The van der Waals surface area contributed by atoms with Crippen LogP contribution in [0.15, 0.2) is 48.5 Å². The average Bonchev–Trinajstić information content (AvgIpc) is 2.76. The number of hydrogen-bond acceptors (Lipinski definition) is 5. The lowest BCUT2D eigenvalue weighted by atomic mass is 10.1. The summed E-state index contributed by atoms with van der Waals surface area (Å²) in [6.07, 6.45) is 0.649. The van der Waals surface area contributed by atoms with Crippen LogP contribution in [0.5, 0.6) is 11.5 Å². The van der Waals surface area contributed by atoms with Gasteiger partial charge in [-0.2, -0.15) is 0 Å². The Hall–Kier alpha value is -2.73. The Morgan fingerprint density at radius 2 is 1.41 bits per heavy atom. The summed E-state index contributed by atoms with van der Waals surface area (Å²) in [5, 5.41) is 0. The molecule has 0 N–H and O–H groups in total. The predicted octanol–water partition coefficient (Wildman–Crippen LogP) is 4.76. The van der Waals surface area contributed by atoms with Crippen LogP contribution in [0.3, 0.4) is 0 Å². The van der Waals surface area contributed by atoms with Crippen molar-refractivity contribution in [3.05, 3.63) is 59.7 Å². The number of hydrogen-bond donors (Lipinski definition) is 0. The van der Waals surface area contributed by atoms with Gasteiger partial charge in [0.1, 0.15) is 17.1 Å². The fourth-order valence-corrected chi connectivity index (χ4v) is 3.57. The van der Waals surface area contributed by atoms with Crippen molar-refractivity contribution in [3.8, 4) is 11.5 Å². The van der Waals surface area contributed by atoms with Crippen molar-refractivity contribution in [1.82, 2.24) is 9.80 Å². The lowest BCUT2D eigenvalue weighted by Crippen LogP contribution is -2.49. The molecule has 2 aromatic rings. The van der Waals surface area contributed by atoms with Gasteiger partial charge in [0.2, 0.25) is 0 Å². The Morgan fingerprint density at radius 3 is 1.97 bits per heavy atom. The Morgan fingerprint density at radius 1 is 0.844 bits per heavy atom. The third-order valence-electron chi connectivity index (χ3n) is 5.25. The van der Waals surface area contributed by atoms with Gasteiger partial charge >= 0.3 is 6.09 Å². The van der Waals surface area contributed by atoms with Gasteiger partial charge in [0.05, 0.1) is 13.2 Å². The van der Waals surface area contributed by atoms with Gasteiger partial charge in [-0.3, -0.25) is 4.90 Å². The first-order valence-corrected chi connectivity index (χ1v) is 11.5. The standard InChI is InChI=1S/C26H36N2O4/c1-5-30-23-10-12-24(13-11-23)31-19-14-21-6-8-22(9-7-21)20-27-15-17-28(18-16-27)25(29)32-26(2,3)4/h6-13H,5,14-20H2,1-4H3. The number of rotatable bonds is 8. The smallest absolute Gasteiger partial charge is 0.410 e. The summed E-state index contributed by atoms with van der Waals surface area (Å²) in [4.78, 5) is 16.4. The summed E-state index contributed by atoms with van der Waals surface area (Å²) in [6, 6.07) is 16.5. The van der Waals surface area contributed by atoms with Crippen molar-refractivity contribution in [2.45, 2.75) is 46.3 Å². The van der Waals surface area contributed by atoms with Crippen LogP contribution in [0, 0.1) is 0 Å². The summed E-state index contributed by atoms with van der Waals surface area (Å²) in [7, 11) is 0. The molecule has 32 heavy (non-hydrogen) atoms. The molecular formula is C26H36N2O4. The molecule has 0 atom stereocenters. The van der Waals surface area contributed by atoms with E-state index in [1.165, 1.54) is 11.1 Å². The van der Waals surface area contributed by atoms with E-state index in [0.29, 0.717) is 26.3 Å². The highest BCUT2D eigenvalue weighted by Gasteiger charge is 2.25. The predicted molar refractivity (Wildman–Crippen MR) is 126 cm³/mol. The van der Waals surface area contributed by atoms with Crippen LogP contribution in [-0.4, -0.2) is 60.9 Å². The van der Waals surface area contributed by atoms with E-state index in [-0.39, 0.29) is 6.09 Å². The lowest BCUT2D eigenvalue weighted by Gasteiger charge is -2.35. The molecule has 2 aromatic carbocycles. The van der Waals surface area contributed by atoms with Gasteiger partial charge in [0.15, 0.2) is 0 Å². The molecule has 1 fully saturated rings. The second kappa shape index (κ2) is 11.2. The molecule has 0 aliphatic carbocycles. The van der Waals surface area contributed by atoms with Crippen LogP contribution in [0.25, 0.3) is 0 Å². The molecule has 174 valence electrons. The SMILES string of the molecule is CCOc1ccc(OCCc2ccc(CN3CCN(C(=O)OC(C)(C)C)CC3)cc2)cc1. The first-order valence-electron chi connectivity index (χ1n) is 11.5. The highest BCUT2D eigenvalue weighted by molar-refractivity contribution is 5.68. The van der Waals surface area contributed by atoms with Crippen LogP contribution in [0.4, 0.5) is 4.79 Å². The van der Waals surface area contributed by atoms with Crippen LogP contribution in [0.2, 0.25) is 0 Å². The Kier molecular flexibility index (Phi) is 8.39. The van der Waals surface area contributed by atoms with Crippen molar-refractivity contribution in [2.75, 3.05) is 39.4 Å². The molecule has 1 aliphatic rings. The number of carbonyl (C=O) groups excluding carboxylic acids is 1. The van der Waals surface area contributed by atoms with Gasteiger partial charge in [-0.25, -0.2) is 4.79 Å². The van der Waals surface area contributed by atoms with E-state index in [0.717, 1.165) is 37.6 Å². The second-order valence-electron chi connectivity index (χ2n) is 9.06. The molecule has 0 spiro atoms. The van der Waals surface area contributed by atoms with E-state index in [2.05, 4.69) is 29.2 Å². The fraction of sp³-hybridized carbons (Fsp3) is 0.500. The van der Waals surface area contributed by atoms with Gasteiger partial charge in [-0.05, 0) is 63.1 Å². The maximum absolute atomic E-state index is 12.2. The molecule has 0 bridgehead atoms. The first-order chi connectivity index (χ1) is 15.3. The van der Waals surface area contributed by atoms with Crippen molar-refractivity contribution in [1.29, 1.82) is 0 Å². The van der Waals surface area contributed by atoms with Crippen molar-refractivity contribution < 1.29 is 19.0 Å². The van der Waals surface area contributed by atoms with E-state index < -0.39 is 5.60 Å². The van der Waals surface area contributed by atoms with Crippen LogP contribution >= 0.6 is 0 Å². The maximum atomic E-state index is 12.2. The number of piperazine rings is 1. The van der Waals surface area contributed by atoms with Gasteiger partial charge in [-0.1, -0.05) is 24.3 Å². The van der Waals surface area contributed by atoms with Crippen LogP contribution in [-0.2, 0) is 17.7 Å². The third-order valence-corrected chi connectivity index (χ3v) is 5.25. The number of amides is 1. The molecule has 6 nitrogen and oxygen atoms in total. The Labute approximate surface area is 192 Å². The molecule has 3 rings (SSSR count). The zero-order valence-electron chi connectivity index (χ0n) is 19.8. The minimum atomic E-state index is -0.449. The van der Waals surface area contributed by atoms with Crippen molar-refractivity contribution >= 4 is 6.09 Å². The van der Waals surface area contributed by atoms with Crippen molar-refractivity contribution in [2.24, 2.45) is 0 Å². The highest BCUT2D eigenvalue weighted by Crippen LogP contribution is 2.18. The van der Waals surface area contributed by atoms with E-state index >= 15 is 0 Å². The molecule has 0 saturated carbocycles. The van der Waals surface area contributed by atoms with E-state index in [1.54, 1.807) is 4.90 Å². The quantitative estimate of drug-likeness (QED) is 0.592. The molecule has 1 amide bonds. The highest BCUT2D eigenvalue weighted by atomic mass is 16.6. The number of carbonyl (C=O) groups is 1. The minimum absolute atomic E-state index is 0.214. The van der Waals surface area contributed by atoms with E-state index in [4.69, 9.17) is 14.2 Å². The third kappa shape index (κ3) is 7.75. The second-order valence-corrected chi connectivity index (χ2v) is 9.06. The van der Waals surface area contributed by atoms with E-state index in [9.17, 15) is 4.79 Å².